The molecule has 0 radical (unpaired) electrons. The maximum atomic E-state index is 13.2. The molecule has 2 aromatic carbocycles. The molecule has 2 aromatic rings. The summed E-state index contributed by atoms with van der Waals surface area (Å²) in [4.78, 5) is 10.0. The molecule has 0 atom stereocenters. The predicted octanol–water partition coefficient (Wildman–Crippen LogP) is 2.37. The van der Waals surface area contributed by atoms with Crippen molar-refractivity contribution in [2.75, 3.05) is 0 Å². The van der Waals surface area contributed by atoms with Gasteiger partial charge in [-0.1, -0.05) is 12.1 Å². The van der Waals surface area contributed by atoms with Gasteiger partial charge in [0, 0.05) is 17.7 Å². The van der Waals surface area contributed by atoms with E-state index in [1.54, 1.807) is 0 Å². The first kappa shape index (κ1) is 13.2. The van der Waals surface area contributed by atoms with Gasteiger partial charge in [-0.3, -0.25) is 10.1 Å². The van der Waals surface area contributed by atoms with E-state index in [1.165, 1.54) is 24.3 Å². The van der Waals surface area contributed by atoms with Gasteiger partial charge < -0.3 is 0 Å². The Balaban J connectivity index is 2.67. The van der Waals surface area contributed by atoms with Gasteiger partial charge in [0.15, 0.2) is 10.7 Å². The van der Waals surface area contributed by atoms with Crippen LogP contribution in [0.1, 0.15) is 0 Å². The average Bonchev–Trinajstić information content (AvgIpc) is 2.38. The quantitative estimate of drug-likeness (QED) is 0.532. The summed E-state index contributed by atoms with van der Waals surface area (Å²) in [7, 11) is -2.91. The highest BCUT2D eigenvalue weighted by Gasteiger charge is 2.12. The fourth-order valence-corrected chi connectivity index (χ4v) is 2.27. The van der Waals surface area contributed by atoms with E-state index < -0.39 is 21.4 Å². The van der Waals surface area contributed by atoms with Crippen LogP contribution in [0.15, 0.2) is 47.4 Å². The zero-order valence-corrected chi connectivity index (χ0v) is 10.3. The van der Waals surface area contributed by atoms with Crippen molar-refractivity contribution >= 4 is 16.4 Å². The molecule has 0 bridgehead atoms. The third kappa shape index (κ3) is 2.76. The van der Waals surface area contributed by atoms with Crippen LogP contribution >= 0.6 is 0 Å². The molecule has 0 amide bonds. The number of rotatable bonds is 3. The molecule has 0 aromatic heterocycles. The Hall–Kier alpha value is -2.28. The van der Waals surface area contributed by atoms with Crippen LogP contribution in [0.4, 0.5) is 10.1 Å². The standard InChI is InChI=1S/C12H8FNO4S/c13-9-4-5-12(19(17)18)11(7-9)8-2-1-3-10(6-8)14(15)16/h1-7,19H. The summed E-state index contributed by atoms with van der Waals surface area (Å²) in [6.45, 7) is 0. The van der Waals surface area contributed by atoms with Gasteiger partial charge in [0.2, 0.25) is 0 Å². The first-order chi connectivity index (χ1) is 8.99. The van der Waals surface area contributed by atoms with E-state index in [-0.39, 0.29) is 21.7 Å². The lowest BCUT2D eigenvalue weighted by molar-refractivity contribution is -0.384. The summed E-state index contributed by atoms with van der Waals surface area (Å²) in [5.74, 6) is -0.609. The Morgan fingerprint density at radius 3 is 2.47 bits per heavy atom. The molecule has 0 spiro atoms. The van der Waals surface area contributed by atoms with Crippen LogP contribution in [0.3, 0.4) is 0 Å². The minimum Gasteiger partial charge on any atom is -0.258 e. The third-order valence-corrected chi connectivity index (χ3v) is 3.31. The molecule has 0 unspecified atom stereocenters. The van der Waals surface area contributed by atoms with Crippen LogP contribution in [-0.4, -0.2) is 13.3 Å². The highest BCUT2D eigenvalue weighted by molar-refractivity contribution is 7.72. The number of non-ortho nitro benzene ring substituents is 1. The largest absolute Gasteiger partial charge is 0.270 e. The number of hydrogen-bond acceptors (Lipinski definition) is 4. The van der Waals surface area contributed by atoms with Gasteiger partial charge in [-0.05, 0) is 23.8 Å². The normalized spacial score (nSPS) is 10.6. The summed E-state index contributed by atoms with van der Waals surface area (Å²) in [5, 5.41) is 10.7. The lowest BCUT2D eigenvalue weighted by Crippen LogP contribution is -1.92. The van der Waals surface area contributed by atoms with Gasteiger partial charge in [-0.15, -0.1) is 0 Å². The van der Waals surface area contributed by atoms with E-state index in [4.69, 9.17) is 0 Å². The van der Waals surface area contributed by atoms with Crippen molar-refractivity contribution in [3.63, 3.8) is 0 Å². The van der Waals surface area contributed by atoms with Gasteiger partial charge >= 0.3 is 0 Å². The average molecular weight is 281 g/mol. The third-order valence-electron chi connectivity index (χ3n) is 2.52. The molecule has 98 valence electrons. The summed E-state index contributed by atoms with van der Waals surface area (Å²) < 4.78 is 35.4. The van der Waals surface area contributed by atoms with Crippen LogP contribution < -0.4 is 0 Å². The summed E-state index contributed by atoms with van der Waals surface area (Å²) in [6.07, 6.45) is 0. The second kappa shape index (κ2) is 5.15. The molecule has 0 fully saturated rings. The Morgan fingerprint density at radius 2 is 1.84 bits per heavy atom. The minimum atomic E-state index is -2.91. The number of thiol groups is 1. The molecule has 0 saturated carbocycles. The lowest BCUT2D eigenvalue weighted by Gasteiger charge is -2.05. The van der Waals surface area contributed by atoms with Crippen molar-refractivity contribution in [1.29, 1.82) is 0 Å². The molecule has 0 N–H and O–H groups in total. The van der Waals surface area contributed by atoms with Crippen LogP contribution in [0.25, 0.3) is 11.1 Å². The molecule has 0 aliphatic carbocycles. The van der Waals surface area contributed by atoms with Crippen LogP contribution in [0.5, 0.6) is 0 Å². The lowest BCUT2D eigenvalue weighted by atomic mass is 10.0. The summed E-state index contributed by atoms with van der Waals surface area (Å²) >= 11 is 0. The van der Waals surface area contributed by atoms with E-state index in [1.807, 2.05) is 0 Å². The monoisotopic (exact) mass is 281 g/mol. The SMILES string of the molecule is O=[N+]([O-])c1cccc(-c2cc(F)ccc2[SH](=O)=O)c1. The van der Waals surface area contributed by atoms with E-state index in [2.05, 4.69) is 0 Å². The zero-order valence-electron chi connectivity index (χ0n) is 9.45. The first-order valence-corrected chi connectivity index (χ1v) is 6.35. The van der Waals surface area contributed by atoms with Crippen molar-refractivity contribution in [2.45, 2.75) is 4.90 Å². The van der Waals surface area contributed by atoms with Crippen molar-refractivity contribution < 1.29 is 17.7 Å². The maximum Gasteiger partial charge on any atom is 0.270 e. The fourth-order valence-electron chi connectivity index (χ4n) is 1.69. The second-order valence-corrected chi connectivity index (χ2v) is 4.72. The molecule has 0 aliphatic rings. The molecule has 0 saturated heterocycles. The fraction of sp³-hybridized carbons (Fsp3) is 0. The molecule has 5 nitrogen and oxygen atoms in total. The number of hydrogen-bond donors (Lipinski definition) is 1. The first-order valence-electron chi connectivity index (χ1n) is 5.18. The number of nitrogens with zero attached hydrogens (tertiary/aromatic N) is 1. The van der Waals surface area contributed by atoms with Gasteiger partial charge in [0.05, 0.1) is 9.82 Å². The van der Waals surface area contributed by atoms with E-state index in [0.29, 0.717) is 0 Å². The molecule has 0 heterocycles. The van der Waals surface area contributed by atoms with Gasteiger partial charge in [-0.25, -0.2) is 12.8 Å². The van der Waals surface area contributed by atoms with Gasteiger partial charge in [0.25, 0.3) is 5.69 Å². The van der Waals surface area contributed by atoms with Crippen LogP contribution in [0, 0.1) is 15.9 Å². The van der Waals surface area contributed by atoms with Crippen LogP contribution in [-0.2, 0) is 10.7 Å². The minimum absolute atomic E-state index is 0.0723. The molecule has 7 heteroatoms. The number of halogens is 1. The van der Waals surface area contributed by atoms with Crippen LogP contribution in [0.2, 0.25) is 0 Å². The van der Waals surface area contributed by atoms with Crippen molar-refractivity contribution in [1.82, 2.24) is 0 Å². The number of benzene rings is 2. The number of nitro benzene ring substituents is 1. The maximum absolute atomic E-state index is 13.2. The number of nitro groups is 1. The van der Waals surface area contributed by atoms with Crippen molar-refractivity contribution in [2.24, 2.45) is 0 Å². The Kier molecular flexibility index (Phi) is 3.57. The van der Waals surface area contributed by atoms with E-state index in [9.17, 15) is 22.9 Å². The smallest absolute Gasteiger partial charge is 0.258 e. The summed E-state index contributed by atoms with van der Waals surface area (Å²) in [6, 6.07) is 8.59. The van der Waals surface area contributed by atoms with E-state index in [0.717, 1.165) is 18.2 Å². The van der Waals surface area contributed by atoms with Gasteiger partial charge in [-0.2, -0.15) is 0 Å². The molecule has 2 rings (SSSR count). The molecular formula is C12H8FNO4S. The molecule has 19 heavy (non-hydrogen) atoms. The van der Waals surface area contributed by atoms with E-state index >= 15 is 0 Å². The zero-order chi connectivity index (χ0) is 14.0. The Morgan fingerprint density at radius 1 is 1.11 bits per heavy atom. The van der Waals surface area contributed by atoms with Gasteiger partial charge in [0.1, 0.15) is 5.82 Å². The van der Waals surface area contributed by atoms with Crippen molar-refractivity contribution in [3.8, 4) is 11.1 Å². The Labute approximate surface area is 109 Å². The summed E-state index contributed by atoms with van der Waals surface area (Å²) in [5.41, 5.74) is 0.205. The highest BCUT2D eigenvalue weighted by Crippen LogP contribution is 2.28. The molecular weight excluding hydrogens is 273 g/mol. The van der Waals surface area contributed by atoms with Crippen molar-refractivity contribution in [3.05, 3.63) is 58.4 Å². The molecule has 0 aliphatic heterocycles. The topological polar surface area (TPSA) is 77.3 Å². The highest BCUT2D eigenvalue weighted by atomic mass is 32.2. The predicted molar refractivity (Wildman–Crippen MR) is 67.1 cm³/mol. The second-order valence-electron chi connectivity index (χ2n) is 3.73. The Bertz CT molecular complexity index is 719.